The summed E-state index contributed by atoms with van der Waals surface area (Å²) in [5.41, 5.74) is 3.54. The van der Waals surface area contributed by atoms with E-state index in [2.05, 4.69) is 12.2 Å². The molecule has 1 atom stereocenters. The number of carboxylic acid groups (broad SMARTS) is 1. The Kier molecular flexibility index (Phi) is 3.42. The molecule has 0 saturated carbocycles. The Bertz CT molecular complexity index is 599. The molecule has 3 rings (SSSR count). The second-order valence-corrected chi connectivity index (χ2v) is 5.19. The molecule has 2 aliphatic rings. The molecule has 3 nitrogen and oxygen atoms in total. The molecule has 1 heterocycles. The van der Waals surface area contributed by atoms with Crippen LogP contribution in [-0.2, 0) is 11.2 Å². The van der Waals surface area contributed by atoms with E-state index >= 15 is 0 Å². The van der Waals surface area contributed by atoms with Gasteiger partial charge in [0.25, 0.3) is 0 Å². The Balaban J connectivity index is 1.79. The van der Waals surface area contributed by atoms with E-state index in [1.54, 1.807) is 0 Å². The highest BCUT2D eigenvalue weighted by molar-refractivity contribution is 5.74. The molecule has 1 aromatic carbocycles. The summed E-state index contributed by atoms with van der Waals surface area (Å²) in [6.45, 7) is 0.698. The Morgan fingerprint density at radius 3 is 2.75 bits per heavy atom. The van der Waals surface area contributed by atoms with Gasteiger partial charge < -0.3 is 10.0 Å². The summed E-state index contributed by atoms with van der Waals surface area (Å²) in [5.74, 6) is -0.766. The average molecular weight is 267 g/mol. The van der Waals surface area contributed by atoms with E-state index in [1.165, 1.54) is 11.1 Å². The average Bonchev–Trinajstić information content (AvgIpc) is 2.89. The van der Waals surface area contributed by atoms with Gasteiger partial charge in [-0.2, -0.15) is 0 Å². The lowest BCUT2D eigenvalue weighted by atomic mass is 10.0. The fraction of sp³-hybridized carbons (Fsp3) is 0.235. The maximum atomic E-state index is 11.6. The number of hydrogen-bond donors (Lipinski definition) is 1. The number of hydrogen-bond acceptors (Lipinski definition) is 2. The number of nitrogens with zero attached hydrogens (tertiary/aromatic N) is 1. The third kappa shape index (κ3) is 2.52. The molecule has 1 aliphatic heterocycles. The van der Waals surface area contributed by atoms with Crippen molar-refractivity contribution in [1.82, 2.24) is 4.90 Å². The van der Waals surface area contributed by atoms with Crippen LogP contribution in [0.25, 0.3) is 0 Å². The summed E-state index contributed by atoms with van der Waals surface area (Å²) in [5, 5.41) is 9.52. The molecular weight excluding hydrogens is 250 g/mol. The minimum Gasteiger partial charge on any atom is -0.480 e. The maximum Gasteiger partial charge on any atom is 0.326 e. The normalized spacial score (nSPS) is 18.3. The number of carboxylic acids is 1. The number of benzene rings is 1. The van der Waals surface area contributed by atoms with Crippen LogP contribution in [0.2, 0.25) is 0 Å². The lowest BCUT2D eigenvalue weighted by molar-refractivity contribution is -0.142. The van der Waals surface area contributed by atoms with Crippen molar-refractivity contribution in [3.8, 4) is 0 Å². The standard InChI is InChI=1S/C17H17NO2/c19-17(20)16(10-13-6-2-1-3-7-13)18-11-14-8-4-5-9-15(14)12-18/h1-8,12,16H,9-11H2,(H,19,20). The van der Waals surface area contributed by atoms with Crippen LogP contribution < -0.4 is 0 Å². The van der Waals surface area contributed by atoms with Crippen LogP contribution in [-0.4, -0.2) is 28.6 Å². The van der Waals surface area contributed by atoms with Crippen molar-refractivity contribution in [2.24, 2.45) is 0 Å². The molecule has 1 N–H and O–H groups in total. The second-order valence-electron chi connectivity index (χ2n) is 5.19. The Morgan fingerprint density at radius 2 is 2.05 bits per heavy atom. The van der Waals surface area contributed by atoms with Crippen LogP contribution in [0, 0.1) is 0 Å². The Morgan fingerprint density at radius 1 is 1.25 bits per heavy atom. The summed E-state index contributed by atoms with van der Waals surface area (Å²) >= 11 is 0. The Hall–Kier alpha value is -2.29. The first-order chi connectivity index (χ1) is 9.74. The van der Waals surface area contributed by atoms with E-state index in [9.17, 15) is 9.90 Å². The zero-order valence-electron chi connectivity index (χ0n) is 11.2. The van der Waals surface area contributed by atoms with Gasteiger partial charge in [-0.1, -0.05) is 48.6 Å². The first-order valence-electron chi connectivity index (χ1n) is 6.83. The lowest BCUT2D eigenvalue weighted by Gasteiger charge is -2.24. The highest BCUT2D eigenvalue weighted by atomic mass is 16.4. The molecule has 1 unspecified atom stereocenters. The molecule has 0 aromatic heterocycles. The lowest BCUT2D eigenvalue weighted by Crippen LogP contribution is -2.38. The SMILES string of the molecule is O=C(O)C(Cc1ccccc1)N1C=C2CC=CC=C2C1. The van der Waals surface area contributed by atoms with Crippen LogP contribution >= 0.6 is 0 Å². The molecule has 0 bridgehead atoms. The van der Waals surface area contributed by atoms with E-state index in [4.69, 9.17) is 0 Å². The van der Waals surface area contributed by atoms with Crippen molar-refractivity contribution >= 4 is 5.97 Å². The summed E-state index contributed by atoms with van der Waals surface area (Å²) in [7, 11) is 0. The molecule has 1 aliphatic carbocycles. The number of fused-ring (bicyclic) bond motifs is 1. The van der Waals surface area contributed by atoms with Gasteiger partial charge in [0, 0.05) is 19.2 Å². The zero-order valence-corrected chi connectivity index (χ0v) is 11.2. The molecule has 102 valence electrons. The van der Waals surface area contributed by atoms with Crippen LogP contribution in [0.5, 0.6) is 0 Å². The van der Waals surface area contributed by atoms with Crippen molar-refractivity contribution in [3.63, 3.8) is 0 Å². The first-order valence-corrected chi connectivity index (χ1v) is 6.83. The maximum absolute atomic E-state index is 11.6. The quantitative estimate of drug-likeness (QED) is 0.912. The summed E-state index contributed by atoms with van der Waals surface area (Å²) in [4.78, 5) is 13.5. The van der Waals surface area contributed by atoms with Crippen LogP contribution in [0.4, 0.5) is 0 Å². The van der Waals surface area contributed by atoms with E-state index in [-0.39, 0.29) is 0 Å². The number of allylic oxidation sites excluding steroid dienone is 3. The molecule has 3 heteroatoms. The number of rotatable bonds is 4. The molecule has 20 heavy (non-hydrogen) atoms. The third-order valence-corrected chi connectivity index (χ3v) is 3.82. The van der Waals surface area contributed by atoms with E-state index in [0.717, 1.165) is 12.0 Å². The van der Waals surface area contributed by atoms with Gasteiger partial charge in [0.15, 0.2) is 0 Å². The van der Waals surface area contributed by atoms with E-state index in [0.29, 0.717) is 13.0 Å². The molecule has 1 aromatic rings. The van der Waals surface area contributed by atoms with Gasteiger partial charge in [-0.15, -0.1) is 0 Å². The summed E-state index contributed by atoms with van der Waals surface area (Å²) in [6, 6.07) is 9.30. The highest BCUT2D eigenvalue weighted by Crippen LogP contribution is 2.29. The fourth-order valence-corrected chi connectivity index (χ4v) is 2.73. The zero-order chi connectivity index (χ0) is 13.9. The molecule has 0 amide bonds. The number of aliphatic carboxylic acids is 1. The van der Waals surface area contributed by atoms with Crippen LogP contribution in [0.3, 0.4) is 0 Å². The Labute approximate surface area is 118 Å². The first kappa shape index (κ1) is 12.7. The molecule has 0 spiro atoms. The van der Waals surface area contributed by atoms with Gasteiger partial charge in [-0.3, -0.25) is 0 Å². The van der Waals surface area contributed by atoms with Crippen molar-refractivity contribution in [3.05, 3.63) is 71.5 Å². The second kappa shape index (κ2) is 5.37. The molecule has 0 fully saturated rings. The van der Waals surface area contributed by atoms with Gasteiger partial charge >= 0.3 is 5.97 Å². The topological polar surface area (TPSA) is 40.5 Å². The van der Waals surface area contributed by atoms with Crippen LogP contribution in [0.15, 0.2) is 65.9 Å². The van der Waals surface area contributed by atoms with Crippen molar-refractivity contribution in [2.75, 3.05) is 6.54 Å². The monoisotopic (exact) mass is 267 g/mol. The van der Waals surface area contributed by atoms with E-state index < -0.39 is 12.0 Å². The highest BCUT2D eigenvalue weighted by Gasteiger charge is 2.29. The van der Waals surface area contributed by atoms with E-state index in [1.807, 2.05) is 47.5 Å². The van der Waals surface area contributed by atoms with Gasteiger partial charge in [0.05, 0.1) is 0 Å². The fourth-order valence-electron chi connectivity index (χ4n) is 2.73. The van der Waals surface area contributed by atoms with Gasteiger partial charge in [-0.05, 0) is 23.1 Å². The van der Waals surface area contributed by atoms with Crippen molar-refractivity contribution in [1.29, 1.82) is 0 Å². The molecular formula is C17H17NO2. The summed E-state index contributed by atoms with van der Waals surface area (Å²) < 4.78 is 0. The predicted molar refractivity (Wildman–Crippen MR) is 78.2 cm³/mol. The number of carbonyl (C=O) groups is 1. The van der Waals surface area contributed by atoms with Gasteiger partial charge in [-0.25, -0.2) is 4.79 Å². The molecule has 0 saturated heterocycles. The third-order valence-electron chi connectivity index (χ3n) is 3.82. The van der Waals surface area contributed by atoms with Crippen molar-refractivity contribution < 1.29 is 9.90 Å². The minimum atomic E-state index is -0.766. The van der Waals surface area contributed by atoms with Crippen molar-refractivity contribution in [2.45, 2.75) is 18.9 Å². The summed E-state index contributed by atoms with van der Waals surface area (Å²) in [6.07, 6.45) is 9.67. The smallest absolute Gasteiger partial charge is 0.326 e. The minimum absolute atomic E-state index is 0.503. The predicted octanol–water partition coefficient (Wildman–Crippen LogP) is 2.77. The van der Waals surface area contributed by atoms with Crippen LogP contribution in [0.1, 0.15) is 12.0 Å². The van der Waals surface area contributed by atoms with Gasteiger partial charge in [0.1, 0.15) is 6.04 Å². The molecule has 0 radical (unpaired) electrons. The van der Waals surface area contributed by atoms with Gasteiger partial charge in [0.2, 0.25) is 0 Å². The largest absolute Gasteiger partial charge is 0.480 e.